The summed E-state index contributed by atoms with van der Waals surface area (Å²) in [5, 5.41) is 20.4. The Morgan fingerprint density at radius 1 is 1.06 bits per heavy atom. The molecule has 0 radical (unpaired) electrons. The molecule has 1 rings (SSSR count). The van der Waals surface area contributed by atoms with Crippen molar-refractivity contribution < 1.29 is 32.3 Å². The maximum Gasteiger partial charge on any atom is 0.456 e. The van der Waals surface area contributed by atoms with E-state index in [0.29, 0.717) is 0 Å². The minimum Gasteiger partial charge on any atom is -0.411 e. The quantitative estimate of drug-likeness (QED) is 0.424. The summed E-state index contributed by atoms with van der Waals surface area (Å²) in [5.41, 5.74) is -3.00. The summed E-state index contributed by atoms with van der Waals surface area (Å²) in [5.74, 6) is -5.15. The molecule has 0 amide bonds. The summed E-state index contributed by atoms with van der Waals surface area (Å²) in [6.07, 6.45) is -7.90. The second kappa shape index (κ2) is 3.83. The zero-order valence-corrected chi connectivity index (χ0v) is 8.06. The maximum atomic E-state index is 13.0. The van der Waals surface area contributed by atoms with Crippen LogP contribution in [0.5, 0.6) is 0 Å². The van der Waals surface area contributed by atoms with E-state index in [0.717, 1.165) is 0 Å². The number of nitrogens with zero attached hydrogens (tertiary/aromatic N) is 1. The Bertz CT molecular complexity index is 289. The van der Waals surface area contributed by atoms with Gasteiger partial charge < -0.3 is 10.3 Å². The number of alkyl halides is 5. The van der Waals surface area contributed by atoms with Crippen LogP contribution in [0.25, 0.3) is 0 Å². The van der Waals surface area contributed by atoms with Crippen molar-refractivity contribution in [2.24, 2.45) is 5.16 Å². The first-order chi connectivity index (χ1) is 7.14. The number of oxime groups is 1. The smallest absolute Gasteiger partial charge is 0.411 e. The van der Waals surface area contributed by atoms with Gasteiger partial charge in [0.15, 0.2) is 0 Å². The SMILES string of the molecule is ON=C1CCC(O)(C(F)(F)C(F)(F)F)CC1. The molecule has 3 nitrogen and oxygen atoms in total. The predicted molar refractivity (Wildman–Crippen MR) is 43.6 cm³/mol. The van der Waals surface area contributed by atoms with Gasteiger partial charge in [0, 0.05) is 0 Å². The van der Waals surface area contributed by atoms with Crippen molar-refractivity contribution in [1.29, 1.82) is 0 Å². The average molecular weight is 247 g/mol. The van der Waals surface area contributed by atoms with Crippen LogP contribution in [0.1, 0.15) is 25.7 Å². The minimum atomic E-state index is -5.78. The third-order valence-corrected chi connectivity index (χ3v) is 2.74. The molecular weight excluding hydrogens is 237 g/mol. The van der Waals surface area contributed by atoms with Crippen molar-refractivity contribution in [3.05, 3.63) is 0 Å². The first kappa shape index (κ1) is 13.1. The van der Waals surface area contributed by atoms with Gasteiger partial charge in [0.05, 0.1) is 5.71 Å². The molecule has 0 aromatic heterocycles. The van der Waals surface area contributed by atoms with Gasteiger partial charge in [-0.2, -0.15) is 22.0 Å². The summed E-state index contributed by atoms with van der Waals surface area (Å²) in [6, 6.07) is 0. The van der Waals surface area contributed by atoms with Crippen LogP contribution in [0.15, 0.2) is 5.16 Å². The molecule has 8 heteroatoms. The third-order valence-electron chi connectivity index (χ3n) is 2.74. The van der Waals surface area contributed by atoms with E-state index in [4.69, 9.17) is 5.21 Å². The summed E-state index contributed by atoms with van der Waals surface area (Å²) in [4.78, 5) is 0. The molecule has 16 heavy (non-hydrogen) atoms. The Labute approximate surface area is 87.6 Å². The van der Waals surface area contributed by atoms with Gasteiger partial charge in [0.25, 0.3) is 0 Å². The molecule has 0 unspecified atom stereocenters. The molecule has 1 saturated carbocycles. The minimum absolute atomic E-state index is 0.114. The first-order valence-electron chi connectivity index (χ1n) is 4.51. The van der Waals surface area contributed by atoms with Crippen LogP contribution in [0.4, 0.5) is 22.0 Å². The van der Waals surface area contributed by atoms with E-state index < -0.39 is 30.5 Å². The zero-order chi connectivity index (χ0) is 12.6. The van der Waals surface area contributed by atoms with Crippen molar-refractivity contribution in [1.82, 2.24) is 0 Å². The molecule has 0 aliphatic heterocycles. The van der Waals surface area contributed by atoms with Gasteiger partial charge >= 0.3 is 12.1 Å². The molecule has 0 aromatic rings. The molecule has 2 N–H and O–H groups in total. The van der Waals surface area contributed by atoms with Gasteiger partial charge in [-0.15, -0.1) is 0 Å². The second-order valence-corrected chi connectivity index (χ2v) is 3.77. The van der Waals surface area contributed by atoms with E-state index in [1.165, 1.54) is 0 Å². The first-order valence-corrected chi connectivity index (χ1v) is 4.51. The molecule has 0 aromatic carbocycles. The summed E-state index contributed by atoms with van der Waals surface area (Å²) in [7, 11) is 0. The fourth-order valence-electron chi connectivity index (χ4n) is 1.63. The fraction of sp³-hybridized carbons (Fsp3) is 0.875. The molecule has 0 spiro atoms. The van der Waals surface area contributed by atoms with Crippen molar-refractivity contribution >= 4 is 5.71 Å². The molecule has 1 aliphatic rings. The Balaban J connectivity index is 2.88. The van der Waals surface area contributed by atoms with Crippen molar-refractivity contribution in [2.75, 3.05) is 0 Å². The van der Waals surface area contributed by atoms with Crippen LogP contribution in [0, 0.1) is 0 Å². The van der Waals surface area contributed by atoms with Crippen LogP contribution < -0.4 is 0 Å². The number of halogens is 5. The van der Waals surface area contributed by atoms with E-state index in [1.807, 2.05) is 0 Å². The Morgan fingerprint density at radius 2 is 1.50 bits per heavy atom. The number of hydrogen-bond acceptors (Lipinski definition) is 3. The molecule has 94 valence electrons. The van der Waals surface area contributed by atoms with Crippen LogP contribution in [0.2, 0.25) is 0 Å². The lowest BCUT2D eigenvalue weighted by Gasteiger charge is -2.39. The highest BCUT2D eigenvalue weighted by Crippen LogP contribution is 2.48. The third kappa shape index (κ3) is 1.98. The van der Waals surface area contributed by atoms with E-state index >= 15 is 0 Å². The fourth-order valence-corrected chi connectivity index (χ4v) is 1.63. The Hall–Kier alpha value is -0.920. The van der Waals surface area contributed by atoms with Crippen molar-refractivity contribution in [3.63, 3.8) is 0 Å². The monoisotopic (exact) mass is 247 g/mol. The normalized spacial score (nSPS) is 28.0. The lowest BCUT2D eigenvalue weighted by atomic mass is 9.79. The molecule has 0 bridgehead atoms. The van der Waals surface area contributed by atoms with Gasteiger partial charge in [-0.05, 0) is 25.7 Å². The van der Waals surface area contributed by atoms with Gasteiger partial charge in [-0.1, -0.05) is 5.16 Å². The standard InChI is InChI=1S/C8H10F5NO2/c9-7(10,8(11,12)13)6(15)3-1-5(14-16)2-4-6/h15-16H,1-4H2. The largest absolute Gasteiger partial charge is 0.456 e. The second-order valence-electron chi connectivity index (χ2n) is 3.77. The summed E-state index contributed by atoms with van der Waals surface area (Å²) < 4.78 is 62.1. The summed E-state index contributed by atoms with van der Waals surface area (Å²) >= 11 is 0. The molecule has 1 aliphatic carbocycles. The van der Waals surface area contributed by atoms with Crippen molar-refractivity contribution in [3.8, 4) is 0 Å². The highest BCUT2D eigenvalue weighted by molar-refractivity contribution is 5.84. The lowest BCUT2D eigenvalue weighted by Crippen LogP contribution is -2.58. The van der Waals surface area contributed by atoms with E-state index in [-0.39, 0.29) is 18.6 Å². The Kier molecular flexibility index (Phi) is 3.15. The van der Waals surface area contributed by atoms with Crippen LogP contribution in [0.3, 0.4) is 0 Å². The predicted octanol–water partition coefficient (Wildman–Crippen LogP) is 2.32. The highest BCUT2D eigenvalue weighted by atomic mass is 19.4. The molecule has 0 heterocycles. The maximum absolute atomic E-state index is 13.0. The lowest BCUT2D eigenvalue weighted by molar-refractivity contribution is -0.344. The van der Waals surface area contributed by atoms with Gasteiger partial charge in [0.1, 0.15) is 5.60 Å². The number of aliphatic hydroxyl groups is 1. The van der Waals surface area contributed by atoms with Gasteiger partial charge in [-0.25, -0.2) is 0 Å². The van der Waals surface area contributed by atoms with E-state index in [2.05, 4.69) is 5.16 Å². The van der Waals surface area contributed by atoms with Crippen molar-refractivity contribution in [2.45, 2.75) is 43.4 Å². The van der Waals surface area contributed by atoms with Gasteiger partial charge in [-0.3, -0.25) is 0 Å². The molecule has 0 atom stereocenters. The summed E-state index contributed by atoms with van der Waals surface area (Å²) in [6.45, 7) is 0. The molecule has 0 saturated heterocycles. The Morgan fingerprint density at radius 3 is 1.81 bits per heavy atom. The zero-order valence-electron chi connectivity index (χ0n) is 8.06. The highest BCUT2D eigenvalue weighted by Gasteiger charge is 2.69. The van der Waals surface area contributed by atoms with Crippen LogP contribution in [-0.4, -0.2) is 33.7 Å². The number of rotatable bonds is 1. The number of hydrogen-bond donors (Lipinski definition) is 2. The van der Waals surface area contributed by atoms with E-state index in [1.54, 1.807) is 0 Å². The molecule has 1 fully saturated rings. The van der Waals surface area contributed by atoms with Crippen LogP contribution >= 0.6 is 0 Å². The topological polar surface area (TPSA) is 52.8 Å². The average Bonchev–Trinajstić information content (AvgIpc) is 2.17. The molecular formula is C8H10F5NO2. The van der Waals surface area contributed by atoms with E-state index in [9.17, 15) is 27.1 Å². The van der Waals surface area contributed by atoms with Gasteiger partial charge in [0.2, 0.25) is 0 Å². The van der Waals surface area contributed by atoms with Crippen LogP contribution in [-0.2, 0) is 0 Å².